The molecule has 0 saturated carbocycles. The molecule has 0 spiro atoms. The van der Waals surface area contributed by atoms with E-state index in [1.165, 1.54) is 24.4 Å². The molecule has 2 N–H and O–H groups in total. The van der Waals surface area contributed by atoms with Gasteiger partial charge >= 0.3 is 0 Å². The number of carbonyl (C=O) groups is 1. The molecule has 0 aliphatic heterocycles. The molecule has 1 aromatic heterocycles. The van der Waals surface area contributed by atoms with Crippen molar-refractivity contribution in [1.82, 2.24) is 4.98 Å². The van der Waals surface area contributed by atoms with E-state index in [9.17, 15) is 9.18 Å². The summed E-state index contributed by atoms with van der Waals surface area (Å²) in [5, 5.41) is 5.78. The summed E-state index contributed by atoms with van der Waals surface area (Å²) < 4.78 is 14.3. The van der Waals surface area contributed by atoms with Crippen LogP contribution in [0.4, 0.5) is 15.9 Å². The Morgan fingerprint density at radius 2 is 2.19 bits per heavy atom. The third-order valence-corrected chi connectivity index (χ3v) is 3.41. The minimum absolute atomic E-state index is 0.0927. The van der Waals surface area contributed by atoms with E-state index in [1.807, 2.05) is 6.92 Å². The third kappa shape index (κ3) is 3.92. The first-order chi connectivity index (χ1) is 10.0. The number of anilines is 2. The molecule has 2 rings (SSSR count). The van der Waals surface area contributed by atoms with Crippen molar-refractivity contribution < 1.29 is 9.18 Å². The van der Waals surface area contributed by atoms with Crippen LogP contribution >= 0.6 is 27.5 Å². The maximum absolute atomic E-state index is 13.7. The monoisotopic (exact) mass is 371 g/mol. The van der Waals surface area contributed by atoms with Crippen LogP contribution in [0.5, 0.6) is 0 Å². The van der Waals surface area contributed by atoms with Gasteiger partial charge in [-0.25, -0.2) is 9.37 Å². The van der Waals surface area contributed by atoms with Crippen LogP contribution in [0, 0.1) is 5.82 Å². The topological polar surface area (TPSA) is 54.0 Å². The van der Waals surface area contributed by atoms with Gasteiger partial charge in [0.15, 0.2) is 0 Å². The van der Waals surface area contributed by atoms with Crippen molar-refractivity contribution in [2.24, 2.45) is 0 Å². The van der Waals surface area contributed by atoms with Crippen molar-refractivity contribution in [3.8, 4) is 0 Å². The standard InChI is InChI=1S/C14H12BrClFN3O/c1-2-18-13-10(16)5-8(7-19-13)14(21)20-12-4-3-9(15)6-11(12)17/h3-7H,2H2,1H3,(H,18,19)(H,20,21). The summed E-state index contributed by atoms with van der Waals surface area (Å²) in [6, 6.07) is 5.87. The lowest BCUT2D eigenvalue weighted by atomic mass is 10.2. The lowest BCUT2D eigenvalue weighted by Gasteiger charge is -2.09. The number of hydrogen-bond donors (Lipinski definition) is 2. The van der Waals surface area contributed by atoms with Gasteiger partial charge in [-0.2, -0.15) is 0 Å². The minimum Gasteiger partial charge on any atom is -0.369 e. The van der Waals surface area contributed by atoms with Gasteiger partial charge in [-0.15, -0.1) is 0 Å². The molecule has 0 saturated heterocycles. The normalized spacial score (nSPS) is 10.3. The van der Waals surface area contributed by atoms with E-state index in [-0.39, 0.29) is 11.3 Å². The number of nitrogens with zero attached hydrogens (tertiary/aromatic N) is 1. The highest BCUT2D eigenvalue weighted by Crippen LogP contribution is 2.22. The Morgan fingerprint density at radius 3 is 2.81 bits per heavy atom. The van der Waals surface area contributed by atoms with Crippen LogP contribution in [0.3, 0.4) is 0 Å². The molecule has 2 aromatic rings. The first-order valence-corrected chi connectivity index (χ1v) is 7.34. The van der Waals surface area contributed by atoms with Gasteiger partial charge in [0.25, 0.3) is 5.91 Å². The molecule has 7 heteroatoms. The molecule has 0 unspecified atom stereocenters. The van der Waals surface area contributed by atoms with Crippen molar-refractivity contribution in [2.75, 3.05) is 17.2 Å². The molecule has 1 heterocycles. The SMILES string of the molecule is CCNc1ncc(C(=O)Nc2ccc(Br)cc2F)cc1Cl. The lowest BCUT2D eigenvalue weighted by molar-refractivity contribution is 0.102. The molecule has 1 amide bonds. The van der Waals surface area contributed by atoms with E-state index < -0.39 is 11.7 Å². The highest BCUT2D eigenvalue weighted by molar-refractivity contribution is 9.10. The molecule has 0 aliphatic carbocycles. The van der Waals surface area contributed by atoms with Gasteiger partial charge in [0.05, 0.1) is 16.3 Å². The molecule has 0 radical (unpaired) electrons. The van der Waals surface area contributed by atoms with E-state index in [0.29, 0.717) is 21.9 Å². The molecule has 0 atom stereocenters. The minimum atomic E-state index is -0.527. The van der Waals surface area contributed by atoms with E-state index in [4.69, 9.17) is 11.6 Å². The van der Waals surface area contributed by atoms with Gasteiger partial charge in [0, 0.05) is 17.2 Å². The van der Waals surface area contributed by atoms with E-state index in [2.05, 4.69) is 31.5 Å². The van der Waals surface area contributed by atoms with Gasteiger partial charge in [0.2, 0.25) is 0 Å². The van der Waals surface area contributed by atoms with Gasteiger partial charge in [-0.1, -0.05) is 27.5 Å². The molecule has 0 aliphatic rings. The maximum atomic E-state index is 13.7. The number of carbonyl (C=O) groups excluding carboxylic acids is 1. The summed E-state index contributed by atoms with van der Waals surface area (Å²) in [6.45, 7) is 2.58. The van der Waals surface area contributed by atoms with Crippen LogP contribution in [0.25, 0.3) is 0 Å². The van der Waals surface area contributed by atoms with E-state index >= 15 is 0 Å². The molecule has 4 nitrogen and oxygen atoms in total. The average molecular weight is 373 g/mol. The zero-order chi connectivity index (χ0) is 15.4. The molecular formula is C14H12BrClFN3O. The summed E-state index contributed by atoms with van der Waals surface area (Å²) in [6.07, 6.45) is 1.38. The number of nitrogens with one attached hydrogen (secondary N) is 2. The number of halogens is 3. The van der Waals surface area contributed by atoms with E-state index in [0.717, 1.165) is 0 Å². The number of amides is 1. The predicted molar refractivity (Wildman–Crippen MR) is 85.5 cm³/mol. The number of rotatable bonds is 4. The Labute approximate surface area is 134 Å². The van der Waals surface area contributed by atoms with Crippen LogP contribution in [0.2, 0.25) is 5.02 Å². The second-order valence-electron chi connectivity index (χ2n) is 4.16. The fourth-order valence-corrected chi connectivity index (χ4v) is 2.21. The Hall–Kier alpha value is -1.66. The van der Waals surface area contributed by atoms with Crippen LogP contribution in [0.15, 0.2) is 34.9 Å². The maximum Gasteiger partial charge on any atom is 0.257 e. The number of pyridine rings is 1. The molecular weight excluding hydrogens is 361 g/mol. The molecule has 110 valence electrons. The smallest absolute Gasteiger partial charge is 0.257 e. The van der Waals surface area contributed by atoms with Crippen LogP contribution in [-0.2, 0) is 0 Å². The molecule has 21 heavy (non-hydrogen) atoms. The summed E-state index contributed by atoms with van der Waals surface area (Å²) >= 11 is 9.17. The first-order valence-electron chi connectivity index (χ1n) is 6.17. The Kier molecular flexibility index (Phi) is 5.14. The molecule has 1 aromatic carbocycles. The Balaban J connectivity index is 2.18. The van der Waals surface area contributed by atoms with Gasteiger partial charge in [0.1, 0.15) is 11.6 Å². The highest BCUT2D eigenvalue weighted by Gasteiger charge is 2.12. The third-order valence-electron chi connectivity index (χ3n) is 2.63. The van der Waals surface area contributed by atoms with Crippen LogP contribution < -0.4 is 10.6 Å². The zero-order valence-corrected chi connectivity index (χ0v) is 13.4. The number of aromatic nitrogens is 1. The van der Waals surface area contributed by atoms with Crippen molar-refractivity contribution in [3.63, 3.8) is 0 Å². The van der Waals surface area contributed by atoms with Crippen LogP contribution in [-0.4, -0.2) is 17.4 Å². The average Bonchev–Trinajstić information content (AvgIpc) is 2.44. The molecule has 0 fully saturated rings. The van der Waals surface area contributed by atoms with Gasteiger partial charge in [-0.05, 0) is 31.2 Å². The quantitative estimate of drug-likeness (QED) is 0.840. The second kappa shape index (κ2) is 6.87. The Bertz CT molecular complexity index is 681. The van der Waals surface area contributed by atoms with Crippen molar-refractivity contribution in [1.29, 1.82) is 0 Å². The first kappa shape index (κ1) is 15.7. The van der Waals surface area contributed by atoms with Gasteiger partial charge in [-0.3, -0.25) is 4.79 Å². The summed E-state index contributed by atoms with van der Waals surface area (Å²) in [5.41, 5.74) is 0.346. The van der Waals surface area contributed by atoms with Crippen molar-refractivity contribution in [3.05, 3.63) is 51.3 Å². The summed E-state index contributed by atoms with van der Waals surface area (Å²) in [7, 11) is 0. The van der Waals surface area contributed by atoms with Crippen molar-refractivity contribution >= 4 is 44.9 Å². The fourth-order valence-electron chi connectivity index (χ4n) is 1.64. The highest BCUT2D eigenvalue weighted by atomic mass is 79.9. The fraction of sp³-hybridized carbons (Fsp3) is 0.143. The van der Waals surface area contributed by atoms with Crippen molar-refractivity contribution in [2.45, 2.75) is 6.92 Å². The number of hydrogen-bond acceptors (Lipinski definition) is 3. The summed E-state index contributed by atoms with van der Waals surface area (Å²) in [5.74, 6) is -0.500. The zero-order valence-electron chi connectivity index (χ0n) is 11.1. The van der Waals surface area contributed by atoms with E-state index in [1.54, 1.807) is 6.07 Å². The second-order valence-corrected chi connectivity index (χ2v) is 5.49. The van der Waals surface area contributed by atoms with Gasteiger partial charge < -0.3 is 10.6 Å². The Morgan fingerprint density at radius 1 is 1.43 bits per heavy atom. The molecule has 0 bridgehead atoms. The largest absolute Gasteiger partial charge is 0.369 e. The lowest BCUT2D eigenvalue weighted by Crippen LogP contribution is -2.14. The summed E-state index contributed by atoms with van der Waals surface area (Å²) in [4.78, 5) is 16.1. The number of benzene rings is 1. The predicted octanol–water partition coefficient (Wildman–Crippen LogP) is 4.32. The van der Waals surface area contributed by atoms with Crippen LogP contribution in [0.1, 0.15) is 17.3 Å².